The molecule has 1 heterocycles. The van der Waals surface area contributed by atoms with Gasteiger partial charge in [-0.05, 0) is 24.6 Å². The van der Waals surface area contributed by atoms with Gasteiger partial charge >= 0.3 is 11.9 Å². The summed E-state index contributed by atoms with van der Waals surface area (Å²) in [4.78, 5) is 22.2. The minimum absolute atomic E-state index is 0.289. The first-order valence-electron chi connectivity index (χ1n) is 3.67. The number of benzene rings is 1. The summed E-state index contributed by atoms with van der Waals surface area (Å²) in [6.07, 6.45) is 0. The first-order valence-corrected chi connectivity index (χ1v) is 4.04. The molecule has 13 heavy (non-hydrogen) atoms. The van der Waals surface area contributed by atoms with E-state index < -0.39 is 11.9 Å². The van der Waals surface area contributed by atoms with Gasteiger partial charge in [0.2, 0.25) is 0 Å². The zero-order valence-corrected chi connectivity index (χ0v) is 7.51. The SMILES string of the molecule is Cc1c(Cl)ccc2c1C(=O)OC2=O. The van der Waals surface area contributed by atoms with E-state index in [0.717, 1.165) is 0 Å². The number of carbonyl (C=O) groups is 2. The highest BCUT2D eigenvalue weighted by Crippen LogP contribution is 2.28. The largest absolute Gasteiger partial charge is 0.386 e. The molecule has 0 aromatic heterocycles. The quantitative estimate of drug-likeness (QED) is 0.471. The molecular formula is C9H5ClO3. The molecule has 0 saturated heterocycles. The third kappa shape index (κ3) is 1.04. The van der Waals surface area contributed by atoms with Crippen LogP contribution in [0.4, 0.5) is 0 Å². The van der Waals surface area contributed by atoms with Gasteiger partial charge in [-0.2, -0.15) is 0 Å². The molecule has 0 amide bonds. The lowest BCUT2D eigenvalue weighted by Gasteiger charge is -1.99. The van der Waals surface area contributed by atoms with Crippen LogP contribution in [0, 0.1) is 6.92 Å². The Kier molecular flexibility index (Phi) is 1.63. The Morgan fingerprint density at radius 3 is 2.62 bits per heavy atom. The first-order chi connectivity index (χ1) is 6.11. The molecule has 1 aliphatic heterocycles. The molecule has 0 aliphatic carbocycles. The molecule has 0 atom stereocenters. The van der Waals surface area contributed by atoms with Gasteiger partial charge in [-0.15, -0.1) is 0 Å². The van der Waals surface area contributed by atoms with Gasteiger partial charge in [0.05, 0.1) is 11.1 Å². The van der Waals surface area contributed by atoms with Crippen LogP contribution in [-0.4, -0.2) is 11.9 Å². The number of esters is 2. The number of ether oxygens (including phenoxy) is 1. The van der Waals surface area contributed by atoms with Gasteiger partial charge in [0.1, 0.15) is 0 Å². The third-order valence-electron chi connectivity index (χ3n) is 2.01. The second kappa shape index (κ2) is 2.57. The summed E-state index contributed by atoms with van der Waals surface area (Å²) in [5.74, 6) is -1.21. The summed E-state index contributed by atoms with van der Waals surface area (Å²) in [6.45, 7) is 1.68. The number of halogens is 1. The Labute approximate surface area is 79.3 Å². The van der Waals surface area contributed by atoms with E-state index in [1.165, 1.54) is 6.07 Å². The Morgan fingerprint density at radius 2 is 1.92 bits per heavy atom. The molecule has 2 rings (SSSR count). The summed E-state index contributed by atoms with van der Waals surface area (Å²) in [6, 6.07) is 3.08. The zero-order valence-electron chi connectivity index (χ0n) is 6.76. The molecule has 0 fully saturated rings. The summed E-state index contributed by atoms with van der Waals surface area (Å²) in [7, 11) is 0. The predicted molar refractivity (Wildman–Crippen MR) is 45.9 cm³/mol. The fourth-order valence-corrected chi connectivity index (χ4v) is 1.47. The maximum Gasteiger partial charge on any atom is 0.347 e. The van der Waals surface area contributed by atoms with Crippen LogP contribution in [0.2, 0.25) is 5.02 Å². The summed E-state index contributed by atoms with van der Waals surface area (Å²) >= 11 is 5.79. The monoisotopic (exact) mass is 196 g/mol. The van der Waals surface area contributed by atoms with Crippen molar-refractivity contribution in [2.45, 2.75) is 6.92 Å². The predicted octanol–water partition coefficient (Wildman–Crippen LogP) is 1.96. The van der Waals surface area contributed by atoms with Gasteiger partial charge in [-0.3, -0.25) is 0 Å². The van der Waals surface area contributed by atoms with Gasteiger partial charge < -0.3 is 4.74 Å². The fourth-order valence-electron chi connectivity index (χ4n) is 1.31. The average molecular weight is 197 g/mol. The minimum atomic E-state index is -0.611. The van der Waals surface area contributed by atoms with Crippen molar-refractivity contribution in [3.8, 4) is 0 Å². The number of rotatable bonds is 0. The van der Waals surface area contributed by atoms with E-state index in [1.54, 1.807) is 13.0 Å². The highest BCUT2D eigenvalue weighted by atomic mass is 35.5. The molecule has 1 aromatic carbocycles. The van der Waals surface area contributed by atoms with Crippen molar-refractivity contribution in [3.63, 3.8) is 0 Å². The van der Waals surface area contributed by atoms with E-state index in [9.17, 15) is 9.59 Å². The van der Waals surface area contributed by atoms with Crippen LogP contribution in [0.1, 0.15) is 26.3 Å². The van der Waals surface area contributed by atoms with Gasteiger partial charge in [0.25, 0.3) is 0 Å². The van der Waals surface area contributed by atoms with Crippen LogP contribution in [0.5, 0.6) is 0 Å². The molecule has 0 unspecified atom stereocenters. The van der Waals surface area contributed by atoms with E-state index in [2.05, 4.69) is 4.74 Å². The van der Waals surface area contributed by atoms with Crippen molar-refractivity contribution in [2.24, 2.45) is 0 Å². The molecular weight excluding hydrogens is 192 g/mol. The molecule has 66 valence electrons. The standard InChI is InChI=1S/C9H5ClO3/c1-4-6(10)3-2-5-7(4)9(12)13-8(5)11/h2-3H,1H3. The molecule has 0 spiro atoms. The second-order valence-electron chi connectivity index (χ2n) is 2.77. The molecule has 3 nitrogen and oxygen atoms in total. The third-order valence-corrected chi connectivity index (χ3v) is 2.42. The smallest absolute Gasteiger partial charge is 0.347 e. The Bertz CT molecular complexity index is 423. The molecule has 4 heteroatoms. The van der Waals surface area contributed by atoms with Crippen LogP contribution >= 0.6 is 11.6 Å². The zero-order chi connectivity index (χ0) is 9.59. The molecule has 0 radical (unpaired) electrons. The molecule has 0 bridgehead atoms. The average Bonchev–Trinajstić information content (AvgIpc) is 2.35. The van der Waals surface area contributed by atoms with Crippen LogP contribution in [0.25, 0.3) is 0 Å². The number of fused-ring (bicyclic) bond motifs is 1. The van der Waals surface area contributed by atoms with Crippen molar-refractivity contribution in [2.75, 3.05) is 0 Å². The number of cyclic esters (lactones) is 2. The van der Waals surface area contributed by atoms with Gasteiger partial charge in [-0.25, -0.2) is 9.59 Å². The van der Waals surface area contributed by atoms with Gasteiger partial charge in [0.15, 0.2) is 0 Å². The molecule has 1 aliphatic rings. The lowest BCUT2D eigenvalue weighted by Crippen LogP contribution is -1.98. The first kappa shape index (κ1) is 8.26. The number of hydrogen-bond acceptors (Lipinski definition) is 3. The highest BCUT2D eigenvalue weighted by molar-refractivity contribution is 6.32. The maximum absolute atomic E-state index is 11.1. The van der Waals surface area contributed by atoms with Gasteiger partial charge in [0, 0.05) is 5.02 Å². The van der Waals surface area contributed by atoms with E-state index >= 15 is 0 Å². The van der Waals surface area contributed by atoms with E-state index in [1.807, 2.05) is 0 Å². The second-order valence-corrected chi connectivity index (χ2v) is 3.18. The van der Waals surface area contributed by atoms with E-state index in [4.69, 9.17) is 11.6 Å². The topological polar surface area (TPSA) is 43.4 Å². The van der Waals surface area contributed by atoms with Crippen LogP contribution in [-0.2, 0) is 4.74 Å². The van der Waals surface area contributed by atoms with Crippen molar-refractivity contribution in [3.05, 3.63) is 33.8 Å². The van der Waals surface area contributed by atoms with Crippen LogP contribution in [0.3, 0.4) is 0 Å². The van der Waals surface area contributed by atoms with E-state index in [0.29, 0.717) is 16.1 Å². The lowest BCUT2D eigenvalue weighted by atomic mass is 10.0. The Balaban J connectivity index is 2.78. The molecule has 1 aromatic rings. The Morgan fingerprint density at radius 1 is 1.23 bits per heavy atom. The lowest BCUT2D eigenvalue weighted by molar-refractivity contribution is 0.0443. The highest BCUT2D eigenvalue weighted by Gasteiger charge is 2.31. The van der Waals surface area contributed by atoms with Crippen molar-refractivity contribution in [1.29, 1.82) is 0 Å². The summed E-state index contributed by atoms with van der Waals surface area (Å²) in [5.41, 5.74) is 1.18. The van der Waals surface area contributed by atoms with Crippen molar-refractivity contribution in [1.82, 2.24) is 0 Å². The van der Waals surface area contributed by atoms with Crippen LogP contribution in [0.15, 0.2) is 12.1 Å². The van der Waals surface area contributed by atoms with Crippen LogP contribution < -0.4 is 0 Å². The van der Waals surface area contributed by atoms with E-state index in [-0.39, 0.29) is 5.56 Å². The Hall–Kier alpha value is -1.35. The van der Waals surface area contributed by atoms with Gasteiger partial charge in [-0.1, -0.05) is 11.6 Å². The number of hydrogen-bond donors (Lipinski definition) is 0. The maximum atomic E-state index is 11.1. The minimum Gasteiger partial charge on any atom is -0.386 e. The molecule has 0 N–H and O–H groups in total. The molecule has 0 saturated carbocycles. The summed E-state index contributed by atoms with van der Waals surface area (Å²) in [5, 5.41) is 0.463. The summed E-state index contributed by atoms with van der Waals surface area (Å²) < 4.78 is 4.43. The normalized spacial score (nSPS) is 14.3. The van der Waals surface area contributed by atoms with Crippen molar-refractivity contribution >= 4 is 23.5 Å². The number of carbonyl (C=O) groups excluding carboxylic acids is 2. The fraction of sp³-hybridized carbons (Fsp3) is 0.111. The van der Waals surface area contributed by atoms with Crippen molar-refractivity contribution < 1.29 is 14.3 Å².